The first-order chi connectivity index (χ1) is 22.2. The minimum absolute atomic E-state index is 0.0158. The molecular weight excluding hydrogens is 660 g/mol. The molecule has 1 N–H and O–H groups in total. The molecule has 1 amide bonds. The Morgan fingerprint density at radius 1 is 0.979 bits per heavy atom. The smallest absolute Gasteiger partial charge is 0.369 e. The molecule has 1 aromatic heterocycles. The van der Waals surface area contributed by atoms with Gasteiger partial charge in [0.1, 0.15) is 22.6 Å². The Kier molecular flexibility index (Phi) is 12.1. The summed E-state index contributed by atoms with van der Waals surface area (Å²) in [6.07, 6.45) is -0.813. The molecular formula is C35H39ClN2O7S2. The second kappa shape index (κ2) is 15.8. The van der Waals surface area contributed by atoms with Gasteiger partial charge >= 0.3 is 5.97 Å². The molecule has 2 atom stereocenters. The van der Waals surface area contributed by atoms with Crippen LogP contribution >= 0.6 is 22.9 Å². The van der Waals surface area contributed by atoms with Crippen LogP contribution in [0.25, 0.3) is 0 Å². The number of hydrogen-bond donors (Lipinski definition) is 1. The van der Waals surface area contributed by atoms with Crippen molar-refractivity contribution in [3.63, 3.8) is 0 Å². The molecule has 0 saturated carbocycles. The number of benzene rings is 3. The predicted molar refractivity (Wildman–Crippen MR) is 183 cm³/mol. The van der Waals surface area contributed by atoms with Gasteiger partial charge in [-0.05, 0) is 86.8 Å². The minimum Gasteiger partial charge on any atom is -0.484 e. The Balaban J connectivity index is 1.36. The number of nitrogens with zero attached hydrogens (tertiary/aromatic N) is 1. The van der Waals surface area contributed by atoms with Crippen molar-refractivity contribution < 1.29 is 32.2 Å². The summed E-state index contributed by atoms with van der Waals surface area (Å²) in [6.45, 7) is 9.96. The summed E-state index contributed by atoms with van der Waals surface area (Å²) in [5, 5.41) is 5.94. The van der Waals surface area contributed by atoms with E-state index in [2.05, 4.69) is 26.1 Å². The summed E-state index contributed by atoms with van der Waals surface area (Å²) >= 11 is 7.39. The van der Waals surface area contributed by atoms with Crippen molar-refractivity contribution in [3.8, 4) is 11.5 Å². The molecule has 1 heterocycles. The number of halogens is 1. The third-order valence-corrected chi connectivity index (χ3v) is 10.1. The first kappa shape index (κ1) is 35.9. The molecule has 4 rings (SSSR count). The van der Waals surface area contributed by atoms with Gasteiger partial charge in [-0.3, -0.25) is 4.79 Å². The zero-order valence-electron chi connectivity index (χ0n) is 27.0. The molecule has 0 aliphatic heterocycles. The van der Waals surface area contributed by atoms with Crippen molar-refractivity contribution in [1.82, 2.24) is 10.3 Å². The van der Waals surface area contributed by atoms with Crippen LogP contribution in [0.1, 0.15) is 73.8 Å². The number of thiazole rings is 1. The van der Waals surface area contributed by atoms with Crippen molar-refractivity contribution in [2.75, 3.05) is 12.4 Å². The fourth-order valence-corrected chi connectivity index (χ4v) is 6.90. The maximum Gasteiger partial charge on any atom is 0.369 e. The van der Waals surface area contributed by atoms with E-state index in [0.717, 1.165) is 16.3 Å². The third kappa shape index (κ3) is 10.3. The molecule has 0 saturated heterocycles. The summed E-state index contributed by atoms with van der Waals surface area (Å²) in [4.78, 5) is 30.9. The second-order valence-electron chi connectivity index (χ2n) is 11.9. The van der Waals surface area contributed by atoms with Crippen LogP contribution in [0.2, 0.25) is 5.02 Å². The van der Waals surface area contributed by atoms with Gasteiger partial charge in [-0.15, -0.1) is 11.3 Å². The van der Waals surface area contributed by atoms with E-state index in [9.17, 15) is 18.0 Å². The van der Waals surface area contributed by atoms with Crippen molar-refractivity contribution in [2.45, 2.75) is 70.1 Å². The van der Waals surface area contributed by atoms with E-state index in [-0.39, 0.29) is 34.3 Å². The Bertz CT molecular complexity index is 1770. The SMILES string of the molecule is CCOC(=O)C(NC(=O)c1cccc(OC(C)c2nc(C(C)(C)C)cs2)c1)Oc1ccc(CCCS(=O)(=O)c2ccc(Cl)cc2)cc1. The average Bonchev–Trinajstić information content (AvgIpc) is 3.54. The van der Waals surface area contributed by atoms with Crippen LogP contribution < -0.4 is 14.8 Å². The van der Waals surface area contributed by atoms with Gasteiger partial charge in [0.05, 0.1) is 22.9 Å². The fourth-order valence-electron chi connectivity index (χ4n) is 4.44. The first-order valence-electron chi connectivity index (χ1n) is 15.2. The van der Waals surface area contributed by atoms with Gasteiger partial charge in [0.15, 0.2) is 9.84 Å². The van der Waals surface area contributed by atoms with Crippen molar-refractivity contribution in [1.29, 1.82) is 0 Å². The highest BCUT2D eigenvalue weighted by molar-refractivity contribution is 7.91. The molecule has 0 fully saturated rings. The number of aromatic nitrogens is 1. The van der Waals surface area contributed by atoms with E-state index in [0.29, 0.717) is 29.4 Å². The molecule has 3 aromatic carbocycles. The normalized spacial score (nSPS) is 13.0. The van der Waals surface area contributed by atoms with Crippen LogP contribution in [0, 0.1) is 0 Å². The maximum absolute atomic E-state index is 13.2. The number of sulfone groups is 1. The Morgan fingerprint density at radius 2 is 1.68 bits per heavy atom. The number of carbonyl (C=O) groups excluding carboxylic acids is 2. The number of carbonyl (C=O) groups is 2. The first-order valence-corrected chi connectivity index (χ1v) is 18.1. The molecule has 4 aromatic rings. The molecule has 0 spiro atoms. The number of esters is 1. The van der Waals surface area contributed by atoms with Crippen LogP contribution in [-0.4, -0.2) is 43.9 Å². The summed E-state index contributed by atoms with van der Waals surface area (Å²) in [5.74, 6) is -0.522. The van der Waals surface area contributed by atoms with Crippen LogP contribution in [0.3, 0.4) is 0 Å². The van der Waals surface area contributed by atoms with Crippen LogP contribution in [0.5, 0.6) is 11.5 Å². The quantitative estimate of drug-likeness (QED) is 0.107. The molecule has 12 heteroatoms. The number of ether oxygens (including phenoxy) is 3. The summed E-state index contributed by atoms with van der Waals surface area (Å²) in [6, 6.07) is 19.6. The largest absolute Gasteiger partial charge is 0.484 e. The molecule has 2 unspecified atom stereocenters. The fraction of sp³-hybridized carbons (Fsp3) is 0.343. The Hall–Kier alpha value is -3.93. The van der Waals surface area contributed by atoms with Crippen molar-refractivity contribution in [3.05, 3.63) is 105 Å². The number of aryl methyl sites for hydroxylation is 1. The van der Waals surface area contributed by atoms with Gasteiger partial charge in [0, 0.05) is 21.4 Å². The maximum atomic E-state index is 13.2. The topological polar surface area (TPSA) is 121 Å². The van der Waals surface area contributed by atoms with E-state index in [1.165, 1.54) is 23.5 Å². The Labute approximate surface area is 285 Å². The van der Waals surface area contributed by atoms with Crippen molar-refractivity contribution >= 4 is 44.7 Å². The minimum atomic E-state index is -3.43. The van der Waals surface area contributed by atoms with Gasteiger partial charge < -0.3 is 19.5 Å². The highest BCUT2D eigenvalue weighted by atomic mass is 35.5. The number of nitrogens with one attached hydrogen (secondary N) is 1. The zero-order valence-corrected chi connectivity index (χ0v) is 29.4. The number of rotatable bonds is 14. The van der Waals surface area contributed by atoms with Crippen LogP contribution in [0.15, 0.2) is 83.1 Å². The summed E-state index contributed by atoms with van der Waals surface area (Å²) in [7, 11) is -3.43. The van der Waals surface area contributed by atoms with Gasteiger partial charge in [-0.1, -0.05) is 50.6 Å². The molecule has 47 heavy (non-hydrogen) atoms. The standard InChI is InChI=1S/C35H39ClN2O7S2/c1-6-43-34(40)32(45-27-16-12-24(13-17-27)9-8-20-47(41,42)29-18-14-26(36)15-19-29)38-31(39)25-10-7-11-28(21-25)44-23(2)33-37-30(22-46-33)35(3,4)5/h7,10-19,21-23,32H,6,8-9,20H2,1-5H3,(H,38,39). The molecule has 9 nitrogen and oxygen atoms in total. The van der Waals surface area contributed by atoms with Crippen LogP contribution in [-0.2, 0) is 31.2 Å². The molecule has 0 aliphatic rings. The third-order valence-electron chi connectivity index (χ3n) is 7.04. The van der Waals surface area contributed by atoms with E-state index in [4.69, 9.17) is 30.8 Å². The summed E-state index contributed by atoms with van der Waals surface area (Å²) < 4.78 is 42.3. The van der Waals surface area contributed by atoms with Gasteiger partial charge in [0.2, 0.25) is 0 Å². The average molecular weight is 699 g/mol. The lowest BCUT2D eigenvalue weighted by atomic mass is 9.93. The van der Waals surface area contributed by atoms with E-state index in [1.54, 1.807) is 67.6 Å². The monoisotopic (exact) mass is 698 g/mol. The summed E-state index contributed by atoms with van der Waals surface area (Å²) in [5.41, 5.74) is 2.07. The predicted octanol–water partition coefficient (Wildman–Crippen LogP) is 7.34. The van der Waals surface area contributed by atoms with E-state index >= 15 is 0 Å². The lowest BCUT2D eigenvalue weighted by Crippen LogP contribution is -2.46. The highest BCUT2D eigenvalue weighted by Gasteiger charge is 2.26. The van der Waals surface area contributed by atoms with Gasteiger partial charge in [0.25, 0.3) is 12.1 Å². The van der Waals surface area contributed by atoms with Gasteiger partial charge in [-0.25, -0.2) is 18.2 Å². The Morgan fingerprint density at radius 3 is 2.32 bits per heavy atom. The lowest BCUT2D eigenvalue weighted by Gasteiger charge is -2.19. The van der Waals surface area contributed by atoms with Gasteiger partial charge in [-0.2, -0.15) is 0 Å². The molecule has 0 radical (unpaired) electrons. The molecule has 250 valence electrons. The number of amides is 1. The zero-order chi connectivity index (χ0) is 34.2. The molecule has 0 aliphatic carbocycles. The van der Waals surface area contributed by atoms with E-state index in [1.807, 2.05) is 12.3 Å². The molecule has 0 bridgehead atoms. The number of hydrogen-bond acceptors (Lipinski definition) is 9. The van der Waals surface area contributed by atoms with Crippen LogP contribution in [0.4, 0.5) is 0 Å². The second-order valence-corrected chi connectivity index (χ2v) is 15.3. The lowest BCUT2D eigenvalue weighted by molar-refractivity contribution is -0.152. The highest BCUT2D eigenvalue weighted by Crippen LogP contribution is 2.29. The van der Waals surface area contributed by atoms with Crippen molar-refractivity contribution in [2.24, 2.45) is 0 Å². The van der Waals surface area contributed by atoms with E-state index < -0.39 is 27.9 Å².